The van der Waals surface area contributed by atoms with E-state index in [-0.39, 0.29) is 11.3 Å². The van der Waals surface area contributed by atoms with Gasteiger partial charge in [-0.05, 0) is 105 Å². The molecule has 4 nitrogen and oxygen atoms in total. The second kappa shape index (κ2) is 9.58. The standard InChI is InChI=1S/C29H38N2O2/c1-29-14-13-25-24-12-10-23(32)17-20(24)9-11-26(25)27(29)18-21(28(29)33)7-3-2-5-15-30-19-22-8-4-6-16-31-22/h4,6,8,10,12,16-17,21,25-27,30,32H,2-3,5,7,9,11,13-15,18-19H2,1H3/t21?,25?,26?,27?,29-/m0/s1. The van der Waals surface area contributed by atoms with E-state index in [9.17, 15) is 9.90 Å². The highest BCUT2D eigenvalue weighted by atomic mass is 16.3. The summed E-state index contributed by atoms with van der Waals surface area (Å²) >= 11 is 0. The highest BCUT2D eigenvalue weighted by molar-refractivity contribution is 5.89. The number of aromatic hydroxyl groups is 1. The average molecular weight is 447 g/mol. The molecule has 1 aromatic carbocycles. The van der Waals surface area contributed by atoms with Crippen molar-refractivity contribution in [1.29, 1.82) is 0 Å². The summed E-state index contributed by atoms with van der Waals surface area (Å²) in [7, 11) is 0. The van der Waals surface area contributed by atoms with Crippen LogP contribution in [0.5, 0.6) is 5.75 Å². The minimum Gasteiger partial charge on any atom is -0.508 e. The molecular formula is C29H38N2O2. The molecule has 1 heterocycles. The van der Waals surface area contributed by atoms with Gasteiger partial charge >= 0.3 is 0 Å². The van der Waals surface area contributed by atoms with E-state index in [1.165, 1.54) is 24.0 Å². The van der Waals surface area contributed by atoms with Gasteiger partial charge in [0.2, 0.25) is 0 Å². The molecule has 2 fully saturated rings. The van der Waals surface area contributed by atoms with Crippen LogP contribution < -0.4 is 5.32 Å². The van der Waals surface area contributed by atoms with Crippen LogP contribution in [-0.4, -0.2) is 22.4 Å². The number of pyridine rings is 1. The Kier molecular flexibility index (Phi) is 6.56. The Balaban J connectivity index is 1.12. The van der Waals surface area contributed by atoms with Crippen molar-refractivity contribution in [3.05, 3.63) is 59.4 Å². The smallest absolute Gasteiger partial charge is 0.142 e. The van der Waals surface area contributed by atoms with Gasteiger partial charge < -0.3 is 10.4 Å². The first-order valence-electron chi connectivity index (χ1n) is 13.0. The number of aryl methyl sites for hydroxylation is 1. The van der Waals surface area contributed by atoms with Crippen molar-refractivity contribution in [3.63, 3.8) is 0 Å². The van der Waals surface area contributed by atoms with E-state index in [1.807, 2.05) is 30.5 Å². The molecule has 3 aliphatic carbocycles. The molecule has 0 amide bonds. The van der Waals surface area contributed by atoms with Crippen molar-refractivity contribution in [1.82, 2.24) is 10.3 Å². The monoisotopic (exact) mass is 446 g/mol. The summed E-state index contributed by atoms with van der Waals surface area (Å²) in [5.74, 6) is 2.96. The molecule has 33 heavy (non-hydrogen) atoms. The van der Waals surface area contributed by atoms with E-state index in [0.29, 0.717) is 29.3 Å². The van der Waals surface area contributed by atoms with Crippen LogP contribution in [0.15, 0.2) is 42.6 Å². The Hall–Kier alpha value is -2.20. The van der Waals surface area contributed by atoms with Crippen LogP contribution >= 0.6 is 0 Å². The number of nitrogens with one attached hydrogen (secondary N) is 1. The first-order valence-corrected chi connectivity index (χ1v) is 13.0. The predicted octanol–water partition coefficient (Wildman–Crippen LogP) is 5.79. The van der Waals surface area contributed by atoms with Crippen LogP contribution in [-0.2, 0) is 17.8 Å². The first-order chi connectivity index (χ1) is 16.1. The molecule has 2 N–H and O–H groups in total. The van der Waals surface area contributed by atoms with Gasteiger partial charge in [-0.15, -0.1) is 0 Å². The summed E-state index contributed by atoms with van der Waals surface area (Å²) < 4.78 is 0. The summed E-state index contributed by atoms with van der Waals surface area (Å²) in [6.45, 7) is 4.12. The fraction of sp³-hybridized carbons (Fsp3) is 0.586. The molecule has 1 aromatic heterocycles. The molecule has 4 unspecified atom stereocenters. The number of nitrogens with zero attached hydrogens (tertiary/aromatic N) is 1. The lowest BCUT2D eigenvalue weighted by atomic mass is 9.55. The zero-order chi connectivity index (χ0) is 22.8. The number of Topliss-reactive ketones (excluding diaryl/α,β-unsaturated/α-hetero) is 1. The fourth-order valence-electron chi connectivity index (χ4n) is 7.30. The third kappa shape index (κ3) is 4.47. The largest absolute Gasteiger partial charge is 0.508 e. The molecule has 4 heteroatoms. The van der Waals surface area contributed by atoms with Crippen molar-refractivity contribution < 1.29 is 9.90 Å². The summed E-state index contributed by atoms with van der Waals surface area (Å²) in [5.41, 5.74) is 3.76. The minimum absolute atomic E-state index is 0.107. The number of carbonyl (C=O) groups excluding carboxylic acids is 1. The second-order valence-corrected chi connectivity index (χ2v) is 10.9. The van der Waals surface area contributed by atoms with Crippen LogP contribution in [0.3, 0.4) is 0 Å². The molecule has 0 spiro atoms. The van der Waals surface area contributed by atoms with E-state index in [2.05, 4.69) is 29.4 Å². The Morgan fingerprint density at radius 1 is 1.15 bits per heavy atom. The topological polar surface area (TPSA) is 62.2 Å². The Morgan fingerprint density at radius 2 is 2.06 bits per heavy atom. The Morgan fingerprint density at radius 3 is 2.91 bits per heavy atom. The number of carbonyl (C=O) groups is 1. The lowest BCUT2D eigenvalue weighted by Gasteiger charge is -2.48. The maximum atomic E-state index is 13.5. The minimum atomic E-state index is -0.107. The van der Waals surface area contributed by atoms with E-state index in [4.69, 9.17) is 0 Å². The number of ketones is 1. The van der Waals surface area contributed by atoms with Crippen molar-refractivity contribution in [2.45, 2.75) is 77.2 Å². The lowest BCUT2D eigenvalue weighted by Crippen LogP contribution is -2.42. The molecule has 2 saturated carbocycles. The number of hydrogen-bond donors (Lipinski definition) is 2. The zero-order valence-electron chi connectivity index (χ0n) is 19.9. The van der Waals surface area contributed by atoms with Crippen molar-refractivity contribution in [2.24, 2.45) is 23.2 Å². The maximum absolute atomic E-state index is 13.5. The lowest BCUT2D eigenvalue weighted by molar-refractivity contribution is -0.132. The van der Waals surface area contributed by atoms with Gasteiger partial charge in [0, 0.05) is 24.1 Å². The van der Waals surface area contributed by atoms with Crippen molar-refractivity contribution >= 4 is 5.78 Å². The third-order valence-electron chi connectivity index (χ3n) is 9.01. The van der Waals surface area contributed by atoms with Crippen LogP contribution in [0, 0.1) is 23.2 Å². The molecule has 2 aromatic rings. The quantitative estimate of drug-likeness (QED) is 0.504. The van der Waals surface area contributed by atoms with Gasteiger partial charge in [0.1, 0.15) is 11.5 Å². The maximum Gasteiger partial charge on any atom is 0.142 e. The summed E-state index contributed by atoms with van der Waals surface area (Å²) in [6, 6.07) is 12.0. The van der Waals surface area contributed by atoms with Gasteiger partial charge in [-0.3, -0.25) is 9.78 Å². The number of phenolic OH excluding ortho intramolecular Hbond substituents is 1. The molecule has 0 bridgehead atoms. The molecule has 5 atom stereocenters. The Bertz CT molecular complexity index is 975. The van der Waals surface area contributed by atoms with Crippen molar-refractivity contribution in [3.8, 4) is 5.75 Å². The van der Waals surface area contributed by atoms with Gasteiger partial charge in [-0.2, -0.15) is 0 Å². The molecule has 176 valence electrons. The molecular weight excluding hydrogens is 408 g/mol. The molecule has 0 radical (unpaired) electrons. The SMILES string of the molecule is C[C@]12CCC3c4ccc(O)cc4CCC3C1CC(CCCCCNCc1ccccn1)C2=O. The second-order valence-electron chi connectivity index (χ2n) is 10.9. The summed E-state index contributed by atoms with van der Waals surface area (Å²) in [4.78, 5) is 17.8. The zero-order valence-corrected chi connectivity index (χ0v) is 19.9. The van der Waals surface area contributed by atoms with Crippen molar-refractivity contribution in [2.75, 3.05) is 6.54 Å². The third-order valence-corrected chi connectivity index (χ3v) is 9.01. The molecule has 3 aliphatic rings. The number of unbranched alkanes of at least 4 members (excludes halogenated alkanes) is 2. The highest BCUT2D eigenvalue weighted by Gasteiger charge is 2.57. The van der Waals surface area contributed by atoms with Gasteiger partial charge in [0.05, 0.1) is 5.69 Å². The van der Waals surface area contributed by atoms with E-state index in [1.54, 1.807) is 0 Å². The van der Waals surface area contributed by atoms with Crippen LogP contribution in [0.25, 0.3) is 0 Å². The van der Waals surface area contributed by atoms with E-state index in [0.717, 1.165) is 63.7 Å². The van der Waals surface area contributed by atoms with Crippen LogP contribution in [0.4, 0.5) is 0 Å². The van der Waals surface area contributed by atoms with Crippen LogP contribution in [0.1, 0.15) is 81.0 Å². The first kappa shape index (κ1) is 22.6. The fourth-order valence-corrected chi connectivity index (χ4v) is 7.30. The molecule has 0 aliphatic heterocycles. The van der Waals surface area contributed by atoms with Gasteiger partial charge in [0.25, 0.3) is 0 Å². The summed E-state index contributed by atoms with van der Waals surface area (Å²) in [5, 5.41) is 13.4. The number of phenols is 1. The van der Waals surface area contributed by atoms with E-state index >= 15 is 0 Å². The van der Waals surface area contributed by atoms with Gasteiger partial charge in [-0.1, -0.05) is 31.9 Å². The summed E-state index contributed by atoms with van der Waals surface area (Å²) in [6.07, 6.45) is 11.9. The number of rotatable bonds is 8. The van der Waals surface area contributed by atoms with Gasteiger partial charge in [0.15, 0.2) is 0 Å². The molecule has 0 saturated heterocycles. The number of benzene rings is 1. The van der Waals surface area contributed by atoms with Gasteiger partial charge in [-0.25, -0.2) is 0 Å². The Labute approximate surface area is 198 Å². The number of fused-ring (bicyclic) bond motifs is 5. The molecule has 5 rings (SSSR count). The van der Waals surface area contributed by atoms with Crippen LogP contribution in [0.2, 0.25) is 0 Å². The number of aromatic nitrogens is 1. The predicted molar refractivity (Wildman–Crippen MR) is 131 cm³/mol. The average Bonchev–Trinajstić information content (AvgIpc) is 3.09. The normalized spacial score (nSPS) is 30.5. The highest BCUT2D eigenvalue weighted by Crippen LogP contribution is 2.61. The number of hydrogen-bond acceptors (Lipinski definition) is 4. The van der Waals surface area contributed by atoms with E-state index < -0.39 is 0 Å².